The van der Waals surface area contributed by atoms with Gasteiger partial charge in [-0.1, -0.05) is 35.5 Å². The third kappa shape index (κ3) is 3.62. The highest BCUT2D eigenvalue weighted by molar-refractivity contribution is 5.96. The largest absolute Gasteiger partial charge is 0.378 e. The van der Waals surface area contributed by atoms with Gasteiger partial charge in [0, 0.05) is 24.7 Å². The molecule has 1 atom stereocenters. The molecule has 1 fully saturated rings. The quantitative estimate of drug-likeness (QED) is 0.914. The second-order valence-electron chi connectivity index (χ2n) is 5.58. The first-order valence-electron chi connectivity index (χ1n) is 7.84. The first-order chi connectivity index (χ1) is 11.6. The highest BCUT2D eigenvalue weighted by Gasteiger charge is 2.25. The van der Waals surface area contributed by atoms with Gasteiger partial charge >= 0.3 is 0 Å². The van der Waals surface area contributed by atoms with E-state index < -0.39 is 11.9 Å². The number of rotatable bonds is 4. The molecule has 2 amide bonds. The van der Waals surface area contributed by atoms with Gasteiger partial charge < -0.3 is 19.5 Å². The number of amides is 2. The standard InChI is InChI=1S/C17H19N3O4/c1-12(17(22)20-7-9-23-10-8-20)18-16(21)14-11-15(24-19-14)13-5-3-2-4-6-13/h2-6,11-12H,7-10H2,1H3,(H,18,21). The van der Waals surface area contributed by atoms with Gasteiger partial charge in [0.15, 0.2) is 11.5 Å². The smallest absolute Gasteiger partial charge is 0.274 e. The van der Waals surface area contributed by atoms with Crippen LogP contribution >= 0.6 is 0 Å². The van der Waals surface area contributed by atoms with E-state index in [0.29, 0.717) is 32.1 Å². The van der Waals surface area contributed by atoms with Crippen molar-refractivity contribution in [3.05, 3.63) is 42.1 Å². The molecule has 7 nitrogen and oxygen atoms in total. The third-order valence-corrected chi connectivity index (χ3v) is 3.84. The second-order valence-corrected chi connectivity index (χ2v) is 5.58. The van der Waals surface area contributed by atoms with Crippen LogP contribution in [0.15, 0.2) is 40.9 Å². The fourth-order valence-corrected chi connectivity index (χ4v) is 2.51. The van der Waals surface area contributed by atoms with Crippen molar-refractivity contribution >= 4 is 11.8 Å². The fourth-order valence-electron chi connectivity index (χ4n) is 2.51. The molecule has 0 bridgehead atoms. The van der Waals surface area contributed by atoms with Gasteiger partial charge in [0.2, 0.25) is 5.91 Å². The van der Waals surface area contributed by atoms with Gasteiger partial charge in [-0.3, -0.25) is 9.59 Å². The normalized spacial score (nSPS) is 15.8. The Morgan fingerprint density at radius 3 is 2.62 bits per heavy atom. The fraction of sp³-hybridized carbons (Fsp3) is 0.353. The monoisotopic (exact) mass is 329 g/mol. The van der Waals surface area contributed by atoms with Crippen LogP contribution in [0.2, 0.25) is 0 Å². The molecule has 1 aromatic carbocycles. The molecule has 0 radical (unpaired) electrons. The van der Waals surface area contributed by atoms with Crippen LogP contribution in [-0.2, 0) is 9.53 Å². The molecule has 2 aromatic rings. The zero-order valence-electron chi connectivity index (χ0n) is 13.4. The average Bonchev–Trinajstić information content (AvgIpc) is 3.13. The Bertz CT molecular complexity index is 708. The maximum Gasteiger partial charge on any atom is 0.274 e. The van der Waals surface area contributed by atoms with E-state index in [4.69, 9.17) is 9.26 Å². The predicted octanol–water partition coefficient (Wildman–Crippen LogP) is 1.32. The van der Waals surface area contributed by atoms with Crippen molar-refractivity contribution in [1.29, 1.82) is 0 Å². The summed E-state index contributed by atoms with van der Waals surface area (Å²) in [5.74, 6) is -0.0543. The number of morpholine rings is 1. The molecule has 7 heteroatoms. The summed E-state index contributed by atoms with van der Waals surface area (Å²) < 4.78 is 10.4. The molecule has 1 aliphatic heterocycles. The van der Waals surface area contributed by atoms with Crippen LogP contribution in [-0.4, -0.2) is 54.2 Å². The molecule has 0 saturated carbocycles. The molecule has 126 valence electrons. The number of carbonyl (C=O) groups excluding carboxylic acids is 2. The Kier molecular flexibility index (Phi) is 4.90. The van der Waals surface area contributed by atoms with E-state index in [-0.39, 0.29) is 11.6 Å². The van der Waals surface area contributed by atoms with Crippen molar-refractivity contribution in [3.8, 4) is 11.3 Å². The maximum absolute atomic E-state index is 12.3. The summed E-state index contributed by atoms with van der Waals surface area (Å²) in [5.41, 5.74) is 0.983. The molecule has 0 aliphatic carbocycles. The van der Waals surface area contributed by atoms with Crippen LogP contribution in [0, 0.1) is 0 Å². The van der Waals surface area contributed by atoms with Crippen molar-refractivity contribution in [3.63, 3.8) is 0 Å². The summed E-state index contributed by atoms with van der Waals surface area (Å²) in [5, 5.41) is 6.45. The number of hydrogen-bond acceptors (Lipinski definition) is 5. The van der Waals surface area contributed by atoms with Gasteiger partial charge in [0.1, 0.15) is 6.04 Å². The van der Waals surface area contributed by atoms with Crippen molar-refractivity contribution in [2.75, 3.05) is 26.3 Å². The molecule has 1 saturated heterocycles. The highest BCUT2D eigenvalue weighted by Crippen LogP contribution is 2.19. The number of aromatic nitrogens is 1. The average molecular weight is 329 g/mol. The first-order valence-corrected chi connectivity index (χ1v) is 7.84. The minimum atomic E-state index is -0.632. The lowest BCUT2D eigenvalue weighted by Gasteiger charge is -2.29. The molecular formula is C17H19N3O4. The van der Waals surface area contributed by atoms with Crippen LogP contribution in [0.25, 0.3) is 11.3 Å². The maximum atomic E-state index is 12.3. The lowest BCUT2D eigenvalue weighted by Crippen LogP contribution is -2.50. The summed E-state index contributed by atoms with van der Waals surface area (Å²) in [7, 11) is 0. The minimum Gasteiger partial charge on any atom is -0.378 e. The predicted molar refractivity (Wildman–Crippen MR) is 86.3 cm³/mol. The number of ether oxygens (including phenoxy) is 1. The molecule has 1 aliphatic rings. The van der Waals surface area contributed by atoms with Gasteiger partial charge in [-0.15, -0.1) is 0 Å². The van der Waals surface area contributed by atoms with E-state index in [1.54, 1.807) is 17.9 Å². The zero-order chi connectivity index (χ0) is 16.9. The molecule has 24 heavy (non-hydrogen) atoms. The molecule has 0 spiro atoms. The van der Waals surface area contributed by atoms with Crippen molar-refractivity contribution in [1.82, 2.24) is 15.4 Å². The van der Waals surface area contributed by atoms with Gasteiger partial charge in [-0.25, -0.2) is 0 Å². The van der Waals surface area contributed by atoms with E-state index in [9.17, 15) is 9.59 Å². The van der Waals surface area contributed by atoms with E-state index in [1.807, 2.05) is 30.3 Å². The van der Waals surface area contributed by atoms with Crippen LogP contribution in [0.5, 0.6) is 0 Å². The Morgan fingerprint density at radius 2 is 1.92 bits per heavy atom. The number of carbonyl (C=O) groups is 2. The zero-order valence-corrected chi connectivity index (χ0v) is 13.4. The highest BCUT2D eigenvalue weighted by atomic mass is 16.5. The van der Waals surface area contributed by atoms with E-state index >= 15 is 0 Å². The van der Waals surface area contributed by atoms with Gasteiger partial charge in [-0.05, 0) is 6.92 Å². The second kappa shape index (κ2) is 7.27. The molecule has 3 rings (SSSR count). The Hall–Kier alpha value is -2.67. The Morgan fingerprint density at radius 1 is 1.21 bits per heavy atom. The SMILES string of the molecule is CC(NC(=O)c1cc(-c2ccccc2)on1)C(=O)N1CCOCC1. The summed E-state index contributed by atoms with van der Waals surface area (Å²) in [6.07, 6.45) is 0. The van der Waals surface area contributed by atoms with Crippen molar-refractivity contribution in [2.24, 2.45) is 0 Å². The van der Waals surface area contributed by atoms with Crippen LogP contribution in [0.1, 0.15) is 17.4 Å². The molecule has 2 heterocycles. The Labute approximate surface area is 139 Å². The van der Waals surface area contributed by atoms with Crippen LogP contribution in [0.4, 0.5) is 0 Å². The molecule has 1 unspecified atom stereocenters. The topological polar surface area (TPSA) is 84.7 Å². The minimum absolute atomic E-state index is 0.126. The Balaban J connectivity index is 1.62. The van der Waals surface area contributed by atoms with Gasteiger partial charge in [0.05, 0.1) is 13.2 Å². The molecule has 1 aromatic heterocycles. The summed E-state index contributed by atoms with van der Waals surface area (Å²) in [6.45, 7) is 3.79. The van der Waals surface area contributed by atoms with Crippen LogP contribution < -0.4 is 5.32 Å². The van der Waals surface area contributed by atoms with Crippen LogP contribution in [0.3, 0.4) is 0 Å². The third-order valence-electron chi connectivity index (χ3n) is 3.84. The van der Waals surface area contributed by atoms with E-state index in [1.165, 1.54) is 0 Å². The number of nitrogens with one attached hydrogen (secondary N) is 1. The lowest BCUT2D eigenvalue weighted by atomic mass is 10.1. The summed E-state index contributed by atoms with van der Waals surface area (Å²) >= 11 is 0. The molecular weight excluding hydrogens is 310 g/mol. The number of nitrogens with zero attached hydrogens (tertiary/aromatic N) is 2. The molecule has 1 N–H and O–H groups in total. The van der Waals surface area contributed by atoms with Gasteiger partial charge in [-0.2, -0.15) is 0 Å². The van der Waals surface area contributed by atoms with Crippen molar-refractivity contribution in [2.45, 2.75) is 13.0 Å². The summed E-state index contributed by atoms with van der Waals surface area (Å²) in [4.78, 5) is 26.2. The van der Waals surface area contributed by atoms with Gasteiger partial charge in [0.25, 0.3) is 5.91 Å². The number of hydrogen-bond donors (Lipinski definition) is 1. The van der Waals surface area contributed by atoms with E-state index in [0.717, 1.165) is 5.56 Å². The van der Waals surface area contributed by atoms with E-state index in [2.05, 4.69) is 10.5 Å². The summed E-state index contributed by atoms with van der Waals surface area (Å²) in [6, 6.07) is 10.3. The van der Waals surface area contributed by atoms with Crippen molar-refractivity contribution < 1.29 is 18.8 Å². The lowest BCUT2D eigenvalue weighted by molar-refractivity contribution is -0.136. The number of benzene rings is 1. The first kappa shape index (κ1) is 16.2.